The van der Waals surface area contributed by atoms with Crippen LogP contribution in [-0.4, -0.2) is 26.8 Å². The van der Waals surface area contributed by atoms with Crippen LogP contribution >= 0.6 is 0 Å². The third-order valence-electron chi connectivity index (χ3n) is 4.34. The Morgan fingerprint density at radius 2 is 1.79 bits per heavy atom. The highest BCUT2D eigenvalue weighted by Gasteiger charge is 2.29. The number of anilines is 1. The molecule has 2 aliphatic rings. The molecule has 6 nitrogen and oxygen atoms in total. The van der Waals surface area contributed by atoms with Crippen molar-refractivity contribution in [2.45, 2.75) is 12.5 Å². The summed E-state index contributed by atoms with van der Waals surface area (Å²) >= 11 is 0. The molecule has 0 saturated carbocycles. The van der Waals surface area contributed by atoms with Crippen molar-refractivity contribution in [3.63, 3.8) is 0 Å². The van der Waals surface area contributed by atoms with E-state index >= 15 is 0 Å². The highest BCUT2D eigenvalue weighted by atomic mass is 16.7. The van der Waals surface area contributed by atoms with Crippen LogP contribution in [0.25, 0.3) is 0 Å². The lowest BCUT2D eigenvalue weighted by atomic mass is 9.92. The van der Waals surface area contributed by atoms with Crippen molar-refractivity contribution in [2.24, 2.45) is 0 Å². The number of nitrogens with one attached hydrogen (secondary N) is 1. The molecule has 2 aromatic rings. The third kappa shape index (κ3) is 2.31. The van der Waals surface area contributed by atoms with Crippen LogP contribution in [0.15, 0.2) is 30.3 Å². The Bertz CT molecular complexity index is 817. The van der Waals surface area contributed by atoms with Gasteiger partial charge in [0.25, 0.3) is 0 Å². The van der Waals surface area contributed by atoms with Crippen molar-refractivity contribution in [1.82, 2.24) is 0 Å². The topological polar surface area (TPSA) is 66.0 Å². The highest BCUT2D eigenvalue weighted by Crippen LogP contribution is 2.42. The largest absolute Gasteiger partial charge is 0.493 e. The van der Waals surface area contributed by atoms with Crippen molar-refractivity contribution in [3.05, 3.63) is 41.5 Å². The van der Waals surface area contributed by atoms with Gasteiger partial charge < -0.3 is 24.3 Å². The zero-order valence-electron chi connectivity index (χ0n) is 13.4. The number of carbonyl (C=O) groups is 1. The average molecular weight is 327 g/mol. The van der Waals surface area contributed by atoms with E-state index in [0.29, 0.717) is 35.0 Å². The second-order valence-corrected chi connectivity index (χ2v) is 5.69. The van der Waals surface area contributed by atoms with Crippen molar-refractivity contribution >= 4 is 11.5 Å². The quantitative estimate of drug-likeness (QED) is 0.934. The molecule has 24 heavy (non-hydrogen) atoms. The molecule has 0 radical (unpaired) electrons. The summed E-state index contributed by atoms with van der Waals surface area (Å²) in [4.78, 5) is 12.6. The second-order valence-electron chi connectivity index (χ2n) is 5.69. The van der Waals surface area contributed by atoms with Gasteiger partial charge in [0.15, 0.2) is 28.8 Å². The maximum Gasteiger partial charge on any atom is 0.231 e. The Morgan fingerprint density at radius 3 is 2.54 bits per heavy atom. The summed E-state index contributed by atoms with van der Waals surface area (Å²) in [5.41, 5.74) is 2.36. The van der Waals surface area contributed by atoms with Gasteiger partial charge in [-0.05, 0) is 23.8 Å². The summed E-state index contributed by atoms with van der Waals surface area (Å²) in [6.07, 6.45) is 0.363. The second kappa shape index (κ2) is 5.63. The molecule has 2 heterocycles. The third-order valence-corrected chi connectivity index (χ3v) is 4.34. The number of hydrogen-bond acceptors (Lipinski definition) is 6. The zero-order chi connectivity index (χ0) is 16.7. The van der Waals surface area contributed by atoms with E-state index in [1.807, 2.05) is 24.3 Å². The van der Waals surface area contributed by atoms with E-state index in [9.17, 15) is 4.79 Å². The fourth-order valence-corrected chi connectivity index (χ4v) is 3.10. The van der Waals surface area contributed by atoms with E-state index in [-0.39, 0.29) is 18.6 Å². The van der Waals surface area contributed by atoms with Crippen LogP contribution < -0.4 is 24.3 Å². The molecular weight excluding hydrogens is 310 g/mol. The first-order valence-electron chi connectivity index (χ1n) is 7.65. The first kappa shape index (κ1) is 14.7. The monoisotopic (exact) mass is 327 g/mol. The number of methoxy groups -OCH3 is 2. The van der Waals surface area contributed by atoms with Crippen LogP contribution in [0.2, 0.25) is 0 Å². The Morgan fingerprint density at radius 1 is 1.04 bits per heavy atom. The van der Waals surface area contributed by atoms with Gasteiger partial charge in [-0.25, -0.2) is 0 Å². The lowest BCUT2D eigenvalue weighted by Crippen LogP contribution is -2.22. The minimum atomic E-state index is -0.134. The molecule has 0 amide bonds. The Balaban J connectivity index is 1.69. The predicted octanol–water partition coefficient (Wildman–Crippen LogP) is 3.17. The van der Waals surface area contributed by atoms with Crippen molar-refractivity contribution in [1.29, 1.82) is 0 Å². The molecule has 0 saturated heterocycles. The molecule has 2 aromatic carbocycles. The average Bonchev–Trinajstić information content (AvgIpc) is 3.06. The van der Waals surface area contributed by atoms with E-state index in [2.05, 4.69) is 5.32 Å². The summed E-state index contributed by atoms with van der Waals surface area (Å²) in [5, 5.41) is 3.41. The number of carbonyl (C=O) groups excluding carboxylic acids is 1. The lowest BCUT2D eigenvalue weighted by molar-refractivity contribution is 0.0972. The molecule has 2 aliphatic heterocycles. The van der Waals surface area contributed by atoms with Crippen LogP contribution in [0.5, 0.6) is 23.0 Å². The molecule has 124 valence electrons. The highest BCUT2D eigenvalue weighted by molar-refractivity contribution is 6.04. The molecule has 0 bridgehead atoms. The van der Waals surface area contributed by atoms with Crippen LogP contribution in [-0.2, 0) is 0 Å². The fourth-order valence-electron chi connectivity index (χ4n) is 3.10. The first-order chi connectivity index (χ1) is 11.7. The minimum Gasteiger partial charge on any atom is -0.493 e. The van der Waals surface area contributed by atoms with Crippen molar-refractivity contribution in [3.8, 4) is 23.0 Å². The van der Waals surface area contributed by atoms with Gasteiger partial charge in [0, 0.05) is 23.7 Å². The van der Waals surface area contributed by atoms with Gasteiger partial charge in [0.05, 0.1) is 20.3 Å². The van der Waals surface area contributed by atoms with Gasteiger partial charge in [-0.1, -0.05) is 6.07 Å². The summed E-state index contributed by atoms with van der Waals surface area (Å²) < 4.78 is 21.4. The minimum absolute atomic E-state index is 0.0711. The Kier molecular flexibility index (Phi) is 3.45. The molecule has 4 rings (SSSR count). The Labute approximate surface area is 139 Å². The van der Waals surface area contributed by atoms with E-state index < -0.39 is 0 Å². The molecule has 0 aromatic heterocycles. The van der Waals surface area contributed by atoms with Crippen molar-refractivity contribution < 1.29 is 23.7 Å². The van der Waals surface area contributed by atoms with Gasteiger partial charge in [0.2, 0.25) is 6.79 Å². The number of ether oxygens (including phenoxy) is 4. The summed E-state index contributed by atoms with van der Waals surface area (Å²) in [7, 11) is 3.19. The molecule has 1 atom stereocenters. The van der Waals surface area contributed by atoms with Gasteiger partial charge in [-0.15, -0.1) is 0 Å². The molecule has 1 N–H and O–H groups in total. The number of rotatable bonds is 3. The van der Waals surface area contributed by atoms with Gasteiger partial charge >= 0.3 is 0 Å². The predicted molar refractivity (Wildman–Crippen MR) is 87.4 cm³/mol. The molecule has 0 unspecified atom stereocenters. The number of ketones is 1. The number of Topliss-reactive ketones (excluding diaryl/α,β-unsaturated/α-hetero) is 1. The molecule has 0 spiro atoms. The number of fused-ring (bicyclic) bond motifs is 2. The van der Waals surface area contributed by atoms with Crippen LogP contribution in [0.3, 0.4) is 0 Å². The maximum absolute atomic E-state index is 12.6. The SMILES string of the molecule is COc1ccc([C@@H]2CC(=O)c3cc4c(cc3N2)OCO4)cc1OC. The summed E-state index contributed by atoms with van der Waals surface area (Å²) in [5.74, 6) is 2.64. The molecule has 0 fully saturated rings. The van der Waals surface area contributed by atoms with E-state index in [4.69, 9.17) is 18.9 Å². The van der Waals surface area contributed by atoms with Gasteiger partial charge in [-0.2, -0.15) is 0 Å². The van der Waals surface area contributed by atoms with E-state index in [1.165, 1.54) is 0 Å². The van der Waals surface area contributed by atoms with Crippen LogP contribution in [0, 0.1) is 0 Å². The lowest BCUT2D eigenvalue weighted by Gasteiger charge is -2.27. The van der Waals surface area contributed by atoms with Crippen LogP contribution in [0.4, 0.5) is 5.69 Å². The molecule has 6 heteroatoms. The normalized spacial score (nSPS) is 17.9. The molecular formula is C18H17NO5. The number of hydrogen-bond donors (Lipinski definition) is 1. The maximum atomic E-state index is 12.6. The zero-order valence-corrected chi connectivity index (χ0v) is 13.4. The number of benzene rings is 2. The van der Waals surface area contributed by atoms with Gasteiger partial charge in [-0.3, -0.25) is 4.79 Å². The Hall–Kier alpha value is -2.89. The van der Waals surface area contributed by atoms with E-state index in [1.54, 1.807) is 20.3 Å². The molecule has 0 aliphatic carbocycles. The summed E-state index contributed by atoms with van der Waals surface area (Å²) in [6, 6.07) is 9.10. The van der Waals surface area contributed by atoms with Crippen molar-refractivity contribution in [2.75, 3.05) is 26.3 Å². The smallest absolute Gasteiger partial charge is 0.231 e. The summed E-state index contributed by atoms with van der Waals surface area (Å²) in [6.45, 7) is 0.186. The van der Waals surface area contributed by atoms with Crippen LogP contribution in [0.1, 0.15) is 28.4 Å². The van der Waals surface area contributed by atoms with E-state index in [0.717, 1.165) is 11.3 Å². The van der Waals surface area contributed by atoms with Gasteiger partial charge in [0.1, 0.15) is 0 Å². The first-order valence-corrected chi connectivity index (χ1v) is 7.65. The fraction of sp³-hybridized carbons (Fsp3) is 0.278. The standard InChI is InChI=1S/C18H17NO5/c1-21-15-4-3-10(5-16(15)22-2)12-7-14(20)11-6-17-18(24-9-23-17)8-13(11)19-12/h3-6,8,12,19H,7,9H2,1-2H3/t12-/m0/s1.